The molecule has 108 valence electrons. The van der Waals surface area contributed by atoms with E-state index < -0.39 is 0 Å². The summed E-state index contributed by atoms with van der Waals surface area (Å²) in [5.74, 6) is 1.62. The zero-order chi connectivity index (χ0) is 13.9. The van der Waals surface area contributed by atoms with Gasteiger partial charge in [0.05, 0.1) is 17.1 Å². The van der Waals surface area contributed by atoms with Crippen LogP contribution >= 0.6 is 23.2 Å². The van der Waals surface area contributed by atoms with E-state index in [0.717, 1.165) is 47.9 Å². The number of alkyl halides is 1. The molecule has 1 aliphatic heterocycles. The fourth-order valence-electron chi connectivity index (χ4n) is 2.82. The van der Waals surface area contributed by atoms with Gasteiger partial charge in [0.15, 0.2) is 0 Å². The van der Waals surface area contributed by atoms with Gasteiger partial charge in [0.1, 0.15) is 5.82 Å². The maximum absolute atomic E-state index is 6.04. The zero-order valence-electron chi connectivity index (χ0n) is 11.3. The third-order valence-corrected chi connectivity index (χ3v) is 4.23. The summed E-state index contributed by atoms with van der Waals surface area (Å²) in [6.45, 7) is 1.83. The summed E-state index contributed by atoms with van der Waals surface area (Å²) in [6.07, 6.45) is 4.55. The topological polar surface area (TPSA) is 27.1 Å². The summed E-state index contributed by atoms with van der Waals surface area (Å²) in [5, 5.41) is 0.721. The van der Waals surface area contributed by atoms with Gasteiger partial charge in [-0.05, 0) is 37.5 Å². The minimum Gasteiger partial charge on any atom is -0.378 e. The summed E-state index contributed by atoms with van der Waals surface area (Å²) >= 11 is 11.9. The molecule has 1 aromatic carbocycles. The molecule has 2 aromatic rings. The molecule has 1 aromatic heterocycles. The lowest BCUT2D eigenvalue weighted by Gasteiger charge is -2.12. The van der Waals surface area contributed by atoms with Gasteiger partial charge in [-0.25, -0.2) is 4.98 Å². The van der Waals surface area contributed by atoms with Crippen LogP contribution in [0.1, 0.15) is 25.1 Å². The molecular formula is C15H18Cl2N2O. The fraction of sp³-hybridized carbons (Fsp3) is 0.533. The van der Waals surface area contributed by atoms with Crippen molar-refractivity contribution in [3.63, 3.8) is 0 Å². The minimum absolute atomic E-state index is 0.392. The smallest absolute Gasteiger partial charge is 0.111 e. The Balaban J connectivity index is 1.87. The molecule has 0 bridgehead atoms. The highest BCUT2D eigenvalue weighted by atomic mass is 35.5. The van der Waals surface area contributed by atoms with E-state index in [9.17, 15) is 0 Å². The van der Waals surface area contributed by atoms with Gasteiger partial charge in [-0.1, -0.05) is 11.6 Å². The van der Waals surface area contributed by atoms with Crippen LogP contribution in [-0.4, -0.2) is 28.1 Å². The van der Waals surface area contributed by atoms with E-state index >= 15 is 0 Å². The Bertz CT molecular complexity index is 591. The van der Waals surface area contributed by atoms with Crippen molar-refractivity contribution in [3.8, 4) is 0 Å². The maximum Gasteiger partial charge on any atom is 0.111 e. The predicted octanol–water partition coefficient (Wildman–Crippen LogP) is 4.04. The second kappa shape index (κ2) is 6.33. The SMILES string of the molecule is ClCCc1nc2cc(Cl)ccc2n1CCC1CCCO1. The third kappa shape index (κ3) is 2.95. The number of aryl methyl sites for hydroxylation is 2. The monoisotopic (exact) mass is 312 g/mol. The number of hydrogen-bond acceptors (Lipinski definition) is 2. The first-order valence-corrected chi connectivity index (χ1v) is 8.01. The summed E-state index contributed by atoms with van der Waals surface area (Å²) < 4.78 is 7.96. The molecule has 0 aliphatic carbocycles. The summed E-state index contributed by atoms with van der Waals surface area (Å²) in [7, 11) is 0. The molecule has 0 saturated carbocycles. The number of imidazole rings is 1. The molecule has 1 atom stereocenters. The molecule has 3 nitrogen and oxygen atoms in total. The van der Waals surface area contributed by atoms with Crippen molar-refractivity contribution in [2.45, 2.75) is 38.3 Å². The van der Waals surface area contributed by atoms with Crippen LogP contribution < -0.4 is 0 Å². The molecular weight excluding hydrogens is 295 g/mol. The van der Waals surface area contributed by atoms with E-state index in [1.54, 1.807) is 0 Å². The highest BCUT2D eigenvalue weighted by molar-refractivity contribution is 6.31. The quantitative estimate of drug-likeness (QED) is 0.779. The normalized spacial score (nSPS) is 19.0. The molecule has 0 N–H and O–H groups in total. The van der Waals surface area contributed by atoms with Crippen molar-refractivity contribution in [1.82, 2.24) is 9.55 Å². The molecule has 1 aliphatic rings. The van der Waals surface area contributed by atoms with Crippen LogP contribution in [0.25, 0.3) is 11.0 Å². The molecule has 1 fully saturated rings. The van der Waals surface area contributed by atoms with Crippen LogP contribution in [0.3, 0.4) is 0 Å². The second-order valence-corrected chi connectivity index (χ2v) is 5.99. The first kappa shape index (κ1) is 14.2. The Labute approximate surface area is 128 Å². The van der Waals surface area contributed by atoms with Crippen LogP contribution in [0.15, 0.2) is 18.2 Å². The lowest BCUT2D eigenvalue weighted by molar-refractivity contribution is 0.100. The van der Waals surface area contributed by atoms with E-state index in [-0.39, 0.29) is 0 Å². The van der Waals surface area contributed by atoms with E-state index in [4.69, 9.17) is 27.9 Å². The lowest BCUT2D eigenvalue weighted by Crippen LogP contribution is -2.12. The second-order valence-electron chi connectivity index (χ2n) is 5.18. The number of benzene rings is 1. The Hall–Kier alpha value is -0.770. The van der Waals surface area contributed by atoms with E-state index in [2.05, 4.69) is 9.55 Å². The van der Waals surface area contributed by atoms with E-state index in [1.165, 1.54) is 12.8 Å². The predicted molar refractivity (Wildman–Crippen MR) is 82.8 cm³/mol. The number of aromatic nitrogens is 2. The average Bonchev–Trinajstić information content (AvgIpc) is 3.04. The van der Waals surface area contributed by atoms with Crippen molar-refractivity contribution < 1.29 is 4.74 Å². The molecule has 0 spiro atoms. The summed E-state index contributed by atoms with van der Waals surface area (Å²) in [6, 6.07) is 5.87. The van der Waals surface area contributed by atoms with Crippen molar-refractivity contribution in [2.24, 2.45) is 0 Å². The Morgan fingerprint density at radius 2 is 2.30 bits per heavy atom. The Morgan fingerprint density at radius 1 is 1.40 bits per heavy atom. The molecule has 0 amide bonds. The molecule has 1 unspecified atom stereocenters. The van der Waals surface area contributed by atoms with Gasteiger partial charge < -0.3 is 9.30 Å². The molecule has 0 radical (unpaired) electrons. The lowest BCUT2D eigenvalue weighted by atomic mass is 10.2. The van der Waals surface area contributed by atoms with Gasteiger partial charge in [0.25, 0.3) is 0 Å². The van der Waals surface area contributed by atoms with Gasteiger partial charge in [0.2, 0.25) is 0 Å². The third-order valence-electron chi connectivity index (χ3n) is 3.81. The van der Waals surface area contributed by atoms with Crippen molar-refractivity contribution in [2.75, 3.05) is 12.5 Å². The Morgan fingerprint density at radius 3 is 3.05 bits per heavy atom. The van der Waals surface area contributed by atoms with Crippen molar-refractivity contribution in [1.29, 1.82) is 0 Å². The van der Waals surface area contributed by atoms with Gasteiger partial charge in [0, 0.05) is 30.5 Å². The standard InChI is InChI=1S/C15H18Cl2N2O/c16-7-5-15-18-13-10-11(17)3-4-14(13)19(15)8-6-12-2-1-9-20-12/h3-4,10,12H,1-2,5-9H2. The van der Waals surface area contributed by atoms with Gasteiger partial charge in [-0.2, -0.15) is 0 Å². The number of hydrogen-bond donors (Lipinski definition) is 0. The van der Waals surface area contributed by atoms with Gasteiger partial charge in [-0.3, -0.25) is 0 Å². The van der Waals surface area contributed by atoms with Gasteiger partial charge >= 0.3 is 0 Å². The van der Waals surface area contributed by atoms with Crippen LogP contribution in [0.5, 0.6) is 0 Å². The largest absolute Gasteiger partial charge is 0.378 e. The van der Waals surface area contributed by atoms with Crippen molar-refractivity contribution >= 4 is 34.2 Å². The van der Waals surface area contributed by atoms with Crippen LogP contribution in [-0.2, 0) is 17.7 Å². The zero-order valence-corrected chi connectivity index (χ0v) is 12.8. The first-order valence-electron chi connectivity index (χ1n) is 7.10. The highest BCUT2D eigenvalue weighted by Gasteiger charge is 2.17. The highest BCUT2D eigenvalue weighted by Crippen LogP contribution is 2.23. The number of ether oxygens (including phenoxy) is 1. The molecule has 20 heavy (non-hydrogen) atoms. The van der Waals surface area contributed by atoms with Crippen LogP contribution in [0.2, 0.25) is 5.02 Å². The summed E-state index contributed by atoms with van der Waals surface area (Å²) in [4.78, 5) is 4.66. The van der Waals surface area contributed by atoms with Crippen LogP contribution in [0.4, 0.5) is 0 Å². The number of nitrogens with zero attached hydrogens (tertiary/aromatic N) is 2. The number of halogens is 2. The molecule has 5 heteroatoms. The average molecular weight is 313 g/mol. The van der Waals surface area contributed by atoms with E-state index in [0.29, 0.717) is 12.0 Å². The molecule has 3 rings (SSSR count). The van der Waals surface area contributed by atoms with E-state index in [1.807, 2.05) is 18.2 Å². The molecule has 1 saturated heterocycles. The first-order chi connectivity index (χ1) is 9.78. The molecule has 2 heterocycles. The van der Waals surface area contributed by atoms with Crippen molar-refractivity contribution in [3.05, 3.63) is 29.0 Å². The fourth-order valence-corrected chi connectivity index (χ4v) is 3.16. The Kier molecular flexibility index (Phi) is 4.49. The number of fused-ring (bicyclic) bond motifs is 1. The maximum atomic E-state index is 6.04. The summed E-state index contributed by atoms with van der Waals surface area (Å²) in [5.41, 5.74) is 2.08. The number of rotatable bonds is 5. The van der Waals surface area contributed by atoms with Gasteiger partial charge in [-0.15, -0.1) is 11.6 Å². The minimum atomic E-state index is 0.392. The van der Waals surface area contributed by atoms with Crippen LogP contribution in [0, 0.1) is 0 Å².